The van der Waals surface area contributed by atoms with Crippen molar-refractivity contribution >= 4 is 56.6 Å². The number of nitrogens with one attached hydrogen (secondary N) is 2. The first-order chi connectivity index (χ1) is 17.8. The number of halogens is 3. The van der Waals surface area contributed by atoms with Gasteiger partial charge in [0.2, 0.25) is 0 Å². The van der Waals surface area contributed by atoms with E-state index in [0.29, 0.717) is 39.3 Å². The highest BCUT2D eigenvalue weighted by molar-refractivity contribution is 9.10. The fourth-order valence-corrected chi connectivity index (χ4v) is 4.02. The van der Waals surface area contributed by atoms with Crippen LogP contribution in [0.1, 0.15) is 11.1 Å². The van der Waals surface area contributed by atoms with E-state index in [1.807, 2.05) is 30.3 Å². The van der Waals surface area contributed by atoms with Crippen molar-refractivity contribution < 1.29 is 14.3 Å². The molecule has 4 aromatic rings. The topological polar surface area (TPSA) is 89.4 Å². The summed E-state index contributed by atoms with van der Waals surface area (Å²) in [6.45, 7) is 0.366. The van der Waals surface area contributed by atoms with Crippen LogP contribution >= 0.6 is 39.1 Å². The lowest BCUT2D eigenvalue weighted by Crippen LogP contribution is -2.35. The molecule has 37 heavy (non-hydrogen) atoms. The van der Waals surface area contributed by atoms with Crippen molar-refractivity contribution in [1.29, 1.82) is 0 Å². The third-order valence-corrected chi connectivity index (χ3v) is 6.46. The van der Waals surface area contributed by atoms with Crippen LogP contribution in [0.2, 0.25) is 10.0 Å². The van der Waals surface area contributed by atoms with Crippen molar-refractivity contribution in [3.63, 3.8) is 0 Å². The minimum atomic E-state index is -0.867. The van der Waals surface area contributed by atoms with Gasteiger partial charge < -0.3 is 19.9 Å². The zero-order chi connectivity index (χ0) is 26.4. The molecule has 0 unspecified atom stereocenters. The van der Waals surface area contributed by atoms with E-state index in [9.17, 15) is 14.4 Å². The zero-order valence-corrected chi connectivity index (χ0v) is 22.3. The van der Waals surface area contributed by atoms with Gasteiger partial charge in [-0.3, -0.25) is 14.4 Å². The summed E-state index contributed by atoms with van der Waals surface area (Å²) in [5.74, 6) is -0.789. The molecule has 0 aliphatic carbocycles. The maximum absolute atomic E-state index is 12.5. The largest absolute Gasteiger partial charge is 0.457 e. The molecule has 0 atom stereocenters. The minimum absolute atomic E-state index is 0.0314. The van der Waals surface area contributed by atoms with Crippen LogP contribution in [0.3, 0.4) is 0 Å². The molecule has 0 aliphatic heterocycles. The monoisotopic (exact) mass is 599 g/mol. The van der Waals surface area contributed by atoms with Gasteiger partial charge in [0.05, 0.1) is 22.3 Å². The molecule has 1 heterocycles. The molecule has 2 amide bonds. The van der Waals surface area contributed by atoms with Gasteiger partial charge >= 0.3 is 11.8 Å². The maximum Gasteiger partial charge on any atom is 0.313 e. The second-order valence-electron chi connectivity index (χ2n) is 7.94. The Morgan fingerprint density at radius 2 is 1.68 bits per heavy atom. The molecule has 7 nitrogen and oxygen atoms in total. The third-order valence-electron chi connectivity index (χ3n) is 5.23. The lowest BCUT2D eigenvalue weighted by Gasteiger charge is -2.13. The Bertz CT molecular complexity index is 1510. The Balaban J connectivity index is 1.41. The van der Waals surface area contributed by atoms with E-state index < -0.39 is 11.8 Å². The van der Waals surface area contributed by atoms with Crippen molar-refractivity contribution in [2.24, 2.45) is 0 Å². The lowest BCUT2D eigenvalue weighted by atomic mass is 10.2. The molecular weight excluding hydrogens is 581 g/mol. The summed E-state index contributed by atoms with van der Waals surface area (Å²) in [5, 5.41) is 5.86. The smallest absolute Gasteiger partial charge is 0.313 e. The Kier molecular flexibility index (Phi) is 8.66. The summed E-state index contributed by atoms with van der Waals surface area (Å²) in [5.41, 5.74) is 1.66. The molecule has 1 aromatic heterocycles. The standard InChI is InChI=1S/C27H20BrCl2N3O4/c28-19-7-6-18(24(12-19)37-21-9-10-22(29)23(30)13-21)14-31-26(35)27(36)32-20-8-11-25(34)33(16-20)15-17-4-2-1-3-5-17/h1-13,16H,14-15H2,(H,31,35)(H,32,36). The molecule has 0 saturated carbocycles. The normalized spacial score (nSPS) is 10.6. The molecule has 0 fully saturated rings. The number of nitrogens with zero attached hydrogens (tertiary/aromatic N) is 1. The fraction of sp³-hybridized carbons (Fsp3) is 0.0741. The third kappa shape index (κ3) is 7.22. The van der Waals surface area contributed by atoms with Crippen molar-refractivity contribution in [3.8, 4) is 11.5 Å². The van der Waals surface area contributed by atoms with Crippen LogP contribution in [0.5, 0.6) is 11.5 Å². The van der Waals surface area contributed by atoms with Gasteiger partial charge in [-0.05, 0) is 35.9 Å². The first-order valence-corrected chi connectivity index (χ1v) is 12.6. The number of rotatable bonds is 7. The average Bonchev–Trinajstić information content (AvgIpc) is 2.88. The predicted octanol–water partition coefficient (Wildman–Crippen LogP) is 6.01. The quantitative estimate of drug-likeness (QED) is 0.254. The number of ether oxygens (including phenoxy) is 1. The molecule has 2 N–H and O–H groups in total. The molecule has 188 valence electrons. The minimum Gasteiger partial charge on any atom is -0.457 e. The molecule has 0 radical (unpaired) electrons. The number of amides is 2. The van der Waals surface area contributed by atoms with E-state index in [4.69, 9.17) is 27.9 Å². The number of carbonyl (C=O) groups excluding carboxylic acids is 2. The van der Waals surface area contributed by atoms with Crippen LogP contribution < -0.4 is 20.9 Å². The summed E-state index contributed by atoms with van der Waals surface area (Å²) >= 11 is 15.4. The molecule has 0 saturated heterocycles. The number of benzene rings is 3. The SMILES string of the molecule is O=C(NCc1ccc(Br)cc1Oc1ccc(Cl)c(Cl)c1)C(=O)Nc1ccc(=O)n(Cc2ccccc2)c1. The van der Waals surface area contributed by atoms with Crippen molar-refractivity contribution in [2.75, 3.05) is 5.32 Å². The van der Waals surface area contributed by atoms with Gasteiger partial charge in [-0.2, -0.15) is 0 Å². The molecule has 0 bridgehead atoms. The summed E-state index contributed by atoms with van der Waals surface area (Å²) in [6, 6.07) is 22.4. The van der Waals surface area contributed by atoms with Gasteiger partial charge in [-0.1, -0.05) is 75.5 Å². The molecule has 3 aromatic carbocycles. The van der Waals surface area contributed by atoms with Crippen LogP contribution in [0, 0.1) is 0 Å². The summed E-state index contributed by atoms with van der Waals surface area (Å²) < 4.78 is 8.15. The molecule has 10 heteroatoms. The highest BCUT2D eigenvalue weighted by atomic mass is 79.9. The summed E-state index contributed by atoms with van der Waals surface area (Å²) in [4.78, 5) is 37.2. The highest BCUT2D eigenvalue weighted by Gasteiger charge is 2.16. The van der Waals surface area contributed by atoms with E-state index in [1.54, 1.807) is 36.4 Å². The first-order valence-electron chi connectivity index (χ1n) is 11.0. The summed E-state index contributed by atoms with van der Waals surface area (Å²) in [6.07, 6.45) is 1.50. The van der Waals surface area contributed by atoms with Gasteiger partial charge in [-0.25, -0.2) is 0 Å². The van der Waals surface area contributed by atoms with E-state index in [0.717, 1.165) is 10.0 Å². The second kappa shape index (κ2) is 12.1. The van der Waals surface area contributed by atoms with Gasteiger partial charge in [0, 0.05) is 34.9 Å². The Labute approximate surface area is 231 Å². The van der Waals surface area contributed by atoms with Gasteiger partial charge in [0.25, 0.3) is 5.56 Å². The Morgan fingerprint density at radius 1 is 0.892 bits per heavy atom. The number of carbonyl (C=O) groups is 2. The van der Waals surface area contributed by atoms with E-state index in [2.05, 4.69) is 26.6 Å². The lowest BCUT2D eigenvalue weighted by molar-refractivity contribution is -0.136. The van der Waals surface area contributed by atoms with Crippen LogP contribution in [-0.4, -0.2) is 16.4 Å². The molecule has 4 rings (SSSR count). The van der Waals surface area contributed by atoms with Gasteiger partial charge in [0.1, 0.15) is 11.5 Å². The zero-order valence-electron chi connectivity index (χ0n) is 19.2. The van der Waals surface area contributed by atoms with Crippen molar-refractivity contribution in [2.45, 2.75) is 13.1 Å². The number of hydrogen-bond donors (Lipinski definition) is 2. The van der Waals surface area contributed by atoms with E-state index in [1.165, 1.54) is 22.9 Å². The average molecular weight is 601 g/mol. The van der Waals surface area contributed by atoms with E-state index in [-0.39, 0.29) is 12.1 Å². The number of anilines is 1. The number of pyridine rings is 1. The van der Waals surface area contributed by atoms with Crippen LogP contribution in [0.25, 0.3) is 0 Å². The number of hydrogen-bond acceptors (Lipinski definition) is 4. The van der Waals surface area contributed by atoms with Crippen molar-refractivity contribution in [3.05, 3.63) is 121 Å². The van der Waals surface area contributed by atoms with Crippen molar-refractivity contribution in [1.82, 2.24) is 9.88 Å². The second-order valence-corrected chi connectivity index (χ2v) is 9.67. The molecule has 0 aliphatic rings. The molecular formula is C27H20BrCl2N3O4. The first kappa shape index (κ1) is 26.5. The summed E-state index contributed by atoms with van der Waals surface area (Å²) in [7, 11) is 0. The van der Waals surface area contributed by atoms with E-state index >= 15 is 0 Å². The van der Waals surface area contributed by atoms with Gasteiger partial charge in [0.15, 0.2) is 0 Å². The Morgan fingerprint density at radius 3 is 2.43 bits per heavy atom. The van der Waals surface area contributed by atoms with Gasteiger partial charge in [-0.15, -0.1) is 0 Å². The van der Waals surface area contributed by atoms with Crippen LogP contribution in [-0.2, 0) is 22.7 Å². The predicted molar refractivity (Wildman–Crippen MR) is 147 cm³/mol. The maximum atomic E-state index is 12.5. The molecule has 0 spiro atoms. The number of aromatic nitrogens is 1. The van der Waals surface area contributed by atoms with Crippen LogP contribution in [0.15, 0.2) is 94.3 Å². The Hall–Kier alpha value is -3.59. The fourth-order valence-electron chi connectivity index (χ4n) is 3.39. The van der Waals surface area contributed by atoms with Crippen LogP contribution in [0.4, 0.5) is 5.69 Å². The highest BCUT2D eigenvalue weighted by Crippen LogP contribution is 2.32.